The molecule has 1 aromatic rings. The largest absolute Gasteiger partial charge is 0.494 e. The van der Waals surface area contributed by atoms with Crippen molar-refractivity contribution in [3.8, 4) is 5.75 Å². The van der Waals surface area contributed by atoms with Crippen molar-refractivity contribution in [2.24, 2.45) is 11.3 Å². The molecule has 0 radical (unpaired) electrons. The molecule has 0 amide bonds. The Hall–Kier alpha value is -0.540. The lowest BCUT2D eigenvalue weighted by atomic mass is 9.76. The van der Waals surface area contributed by atoms with Gasteiger partial charge in [-0.3, -0.25) is 0 Å². The molecule has 2 nitrogen and oxygen atoms in total. The summed E-state index contributed by atoms with van der Waals surface area (Å²) >= 11 is 3.44. The van der Waals surface area contributed by atoms with E-state index in [4.69, 9.17) is 4.74 Å². The summed E-state index contributed by atoms with van der Waals surface area (Å²) in [6.07, 6.45) is 2.25. The van der Waals surface area contributed by atoms with Crippen LogP contribution in [0.15, 0.2) is 28.7 Å². The topological polar surface area (TPSA) is 21.3 Å². The van der Waals surface area contributed by atoms with Gasteiger partial charge in [0.15, 0.2) is 0 Å². The van der Waals surface area contributed by atoms with Crippen LogP contribution in [0.25, 0.3) is 0 Å². The molecule has 20 heavy (non-hydrogen) atoms. The van der Waals surface area contributed by atoms with E-state index in [0.29, 0.717) is 5.92 Å². The number of hydrogen-bond donors (Lipinski definition) is 1. The Morgan fingerprint density at radius 3 is 2.45 bits per heavy atom. The van der Waals surface area contributed by atoms with E-state index in [1.807, 2.05) is 24.3 Å². The van der Waals surface area contributed by atoms with Crippen molar-refractivity contribution in [1.29, 1.82) is 0 Å². The second-order valence-corrected chi connectivity index (χ2v) is 6.95. The Balaban J connectivity index is 2.43. The number of rotatable bonds is 9. The van der Waals surface area contributed by atoms with Crippen molar-refractivity contribution in [1.82, 2.24) is 5.32 Å². The van der Waals surface area contributed by atoms with E-state index in [0.717, 1.165) is 36.3 Å². The first-order valence-electron chi connectivity index (χ1n) is 7.57. The van der Waals surface area contributed by atoms with Crippen LogP contribution in [0.2, 0.25) is 0 Å². The lowest BCUT2D eigenvalue weighted by molar-refractivity contribution is 0.150. The molecule has 1 aromatic carbocycles. The summed E-state index contributed by atoms with van der Waals surface area (Å²) in [6, 6.07) is 8.04. The van der Waals surface area contributed by atoms with Gasteiger partial charge in [-0.15, -0.1) is 0 Å². The second kappa shape index (κ2) is 8.68. The van der Waals surface area contributed by atoms with Crippen LogP contribution in [-0.4, -0.2) is 19.7 Å². The standard InChI is InChI=1S/C17H28BrNO/c1-5-11-19-13-17(4,14(2)3)10-12-20-16-8-6-15(18)7-9-16/h6-9,14,19H,5,10-13H2,1-4H3. The smallest absolute Gasteiger partial charge is 0.119 e. The van der Waals surface area contributed by atoms with Gasteiger partial charge in [-0.25, -0.2) is 0 Å². The zero-order valence-electron chi connectivity index (χ0n) is 13.2. The number of nitrogens with one attached hydrogen (secondary N) is 1. The molecule has 114 valence electrons. The average Bonchev–Trinajstić information content (AvgIpc) is 2.41. The van der Waals surface area contributed by atoms with Crippen LogP contribution in [0.1, 0.15) is 40.5 Å². The van der Waals surface area contributed by atoms with Gasteiger partial charge in [-0.1, -0.05) is 43.6 Å². The van der Waals surface area contributed by atoms with Crippen molar-refractivity contribution in [3.63, 3.8) is 0 Å². The van der Waals surface area contributed by atoms with Gasteiger partial charge in [0, 0.05) is 11.0 Å². The molecular formula is C17H28BrNO. The molecule has 1 unspecified atom stereocenters. The number of halogens is 1. The molecule has 1 atom stereocenters. The van der Waals surface area contributed by atoms with E-state index in [9.17, 15) is 0 Å². The van der Waals surface area contributed by atoms with Crippen molar-refractivity contribution in [2.75, 3.05) is 19.7 Å². The minimum Gasteiger partial charge on any atom is -0.494 e. The number of hydrogen-bond acceptors (Lipinski definition) is 2. The molecule has 0 aliphatic heterocycles. The predicted octanol–water partition coefficient (Wildman–Crippen LogP) is 4.88. The highest BCUT2D eigenvalue weighted by Crippen LogP contribution is 2.30. The maximum Gasteiger partial charge on any atom is 0.119 e. The van der Waals surface area contributed by atoms with E-state index in [1.165, 1.54) is 6.42 Å². The molecule has 0 heterocycles. The molecule has 0 aliphatic carbocycles. The monoisotopic (exact) mass is 341 g/mol. The van der Waals surface area contributed by atoms with Crippen LogP contribution < -0.4 is 10.1 Å². The van der Waals surface area contributed by atoms with Crippen LogP contribution in [0, 0.1) is 11.3 Å². The lowest BCUT2D eigenvalue weighted by Gasteiger charge is -2.34. The van der Waals surface area contributed by atoms with Crippen molar-refractivity contribution >= 4 is 15.9 Å². The van der Waals surface area contributed by atoms with Crippen molar-refractivity contribution < 1.29 is 4.74 Å². The van der Waals surface area contributed by atoms with Gasteiger partial charge in [-0.05, 0) is 55.0 Å². The quantitative estimate of drug-likeness (QED) is 0.646. The molecular weight excluding hydrogens is 314 g/mol. The minimum atomic E-state index is 0.282. The van der Waals surface area contributed by atoms with Gasteiger partial charge in [0.25, 0.3) is 0 Å². The molecule has 0 aliphatic rings. The summed E-state index contributed by atoms with van der Waals surface area (Å²) in [5, 5.41) is 3.55. The molecule has 0 bridgehead atoms. The fraction of sp³-hybridized carbons (Fsp3) is 0.647. The van der Waals surface area contributed by atoms with Gasteiger partial charge in [0.05, 0.1) is 6.61 Å². The second-order valence-electron chi connectivity index (χ2n) is 6.04. The normalized spacial score (nSPS) is 14.3. The highest BCUT2D eigenvalue weighted by Gasteiger charge is 2.27. The van der Waals surface area contributed by atoms with Gasteiger partial charge in [0.1, 0.15) is 5.75 Å². The van der Waals surface area contributed by atoms with Crippen LogP contribution in [-0.2, 0) is 0 Å². The Labute approximate surface area is 132 Å². The van der Waals surface area contributed by atoms with Crippen molar-refractivity contribution in [2.45, 2.75) is 40.5 Å². The summed E-state index contributed by atoms with van der Waals surface area (Å²) in [5.74, 6) is 1.58. The molecule has 1 N–H and O–H groups in total. The predicted molar refractivity (Wildman–Crippen MR) is 90.4 cm³/mol. The van der Waals surface area contributed by atoms with Crippen LogP contribution in [0.5, 0.6) is 5.75 Å². The lowest BCUT2D eigenvalue weighted by Crippen LogP contribution is -2.37. The zero-order chi connectivity index (χ0) is 15.0. The molecule has 0 fully saturated rings. The Kier molecular flexibility index (Phi) is 7.60. The Morgan fingerprint density at radius 1 is 1.25 bits per heavy atom. The summed E-state index contributed by atoms with van der Waals surface area (Å²) in [6.45, 7) is 12.1. The van der Waals surface area contributed by atoms with Crippen molar-refractivity contribution in [3.05, 3.63) is 28.7 Å². The third kappa shape index (κ3) is 5.84. The van der Waals surface area contributed by atoms with Gasteiger partial charge >= 0.3 is 0 Å². The van der Waals surface area contributed by atoms with E-state index < -0.39 is 0 Å². The van der Waals surface area contributed by atoms with E-state index >= 15 is 0 Å². The van der Waals surface area contributed by atoms with Gasteiger partial charge in [0.2, 0.25) is 0 Å². The molecule has 0 aromatic heterocycles. The summed E-state index contributed by atoms with van der Waals surface area (Å²) < 4.78 is 6.95. The Bertz CT molecular complexity index is 377. The highest BCUT2D eigenvalue weighted by atomic mass is 79.9. The van der Waals surface area contributed by atoms with Crippen LogP contribution in [0.4, 0.5) is 0 Å². The first-order chi connectivity index (χ1) is 9.48. The maximum absolute atomic E-state index is 5.86. The van der Waals surface area contributed by atoms with Crippen LogP contribution in [0.3, 0.4) is 0 Å². The SMILES string of the molecule is CCCNCC(C)(CCOc1ccc(Br)cc1)C(C)C. The minimum absolute atomic E-state index is 0.282. The summed E-state index contributed by atoms with van der Waals surface area (Å²) in [5.41, 5.74) is 0.282. The van der Waals surface area contributed by atoms with E-state index in [1.54, 1.807) is 0 Å². The fourth-order valence-electron chi connectivity index (χ4n) is 2.06. The first kappa shape index (κ1) is 17.5. The van der Waals surface area contributed by atoms with E-state index in [-0.39, 0.29) is 5.41 Å². The number of benzene rings is 1. The zero-order valence-corrected chi connectivity index (χ0v) is 14.8. The molecule has 0 spiro atoms. The van der Waals surface area contributed by atoms with Gasteiger partial charge in [-0.2, -0.15) is 0 Å². The fourth-order valence-corrected chi connectivity index (χ4v) is 2.33. The summed E-state index contributed by atoms with van der Waals surface area (Å²) in [4.78, 5) is 0. The highest BCUT2D eigenvalue weighted by molar-refractivity contribution is 9.10. The third-order valence-corrected chi connectivity index (χ3v) is 4.63. The first-order valence-corrected chi connectivity index (χ1v) is 8.36. The average molecular weight is 342 g/mol. The summed E-state index contributed by atoms with van der Waals surface area (Å²) in [7, 11) is 0. The van der Waals surface area contributed by atoms with E-state index in [2.05, 4.69) is 48.9 Å². The van der Waals surface area contributed by atoms with Gasteiger partial charge < -0.3 is 10.1 Å². The molecule has 0 saturated carbocycles. The Morgan fingerprint density at radius 2 is 1.90 bits per heavy atom. The molecule has 0 saturated heterocycles. The third-order valence-electron chi connectivity index (χ3n) is 4.11. The van der Waals surface area contributed by atoms with Crippen LogP contribution >= 0.6 is 15.9 Å². The molecule has 1 rings (SSSR count). The number of ether oxygens (including phenoxy) is 1. The molecule has 3 heteroatoms. The maximum atomic E-state index is 5.86.